The lowest BCUT2D eigenvalue weighted by atomic mass is 10.1. The number of rotatable bonds is 7. The molecule has 0 amide bonds. The van der Waals surface area contributed by atoms with Gasteiger partial charge < -0.3 is 9.64 Å². The quantitative estimate of drug-likeness (QED) is 0.678. The fraction of sp³-hybridized carbons (Fsp3) is 0.478. The number of aryl methyl sites for hydroxylation is 1. The zero-order valence-corrected chi connectivity index (χ0v) is 16.0. The van der Waals surface area contributed by atoms with E-state index in [1.165, 1.54) is 36.8 Å². The van der Waals surface area contributed by atoms with E-state index >= 15 is 0 Å². The first-order valence-corrected chi connectivity index (χ1v) is 10.3. The molecule has 1 aliphatic heterocycles. The molecule has 2 aromatic carbocycles. The van der Waals surface area contributed by atoms with Crippen LogP contribution >= 0.6 is 0 Å². The number of anilines is 1. The summed E-state index contributed by atoms with van der Waals surface area (Å²) in [6.07, 6.45) is 5.91. The molecule has 0 saturated carbocycles. The van der Waals surface area contributed by atoms with Crippen LogP contribution in [-0.2, 0) is 12.8 Å². The van der Waals surface area contributed by atoms with Crippen LogP contribution in [0.2, 0.25) is 0 Å². The van der Waals surface area contributed by atoms with Crippen molar-refractivity contribution in [2.75, 3.05) is 44.2 Å². The first-order chi connectivity index (χ1) is 13.3. The van der Waals surface area contributed by atoms with E-state index in [0.29, 0.717) is 0 Å². The van der Waals surface area contributed by atoms with Crippen molar-refractivity contribution in [2.24, 2.45) is 0 Å². The summed E-state index contributed by atoms with van der Waals surface area (Å²) in [7, 11) is 0. The van der Waals surface area contributed by atoms with Crippen LogP contribution in [0.1, 0.15) is 30.4 Å². The van der Waals surface area contributed by atoms with Crippen LogP contribution < -0.4 is 9.64 Å². The summed E-state index contributed by atoms with van der Waals surface area (Å²) in [6.45, 7) is 6.12. The summed E-state index contributed by atoms with van der Waals surface area (Å²) in [4.78, 5) is 4.87. The third-order valence-corrected chi connectivity index (χ3v) is 5.79. The minimum Gasteiger partial charge on any atom is -0.493 e. The summed E-state index contributed by atoms with van der Waals surface area (Å²) in [5, 5.41) is 0. The topological polar surface area (TPSA) is 15.7 Å². The number of nitrogens with zero attached hydrogens (tertiary/aromatic N) is 2. The van der Waals surface area contributed by atoms with E-state index in [0.717, 1.165) is 57.2 Å². The Hall–Kier alpha value is -2.07. The van der Waals surface area contributed by atoms with Gasteiger partial charge in [-0.15, -0.1) is 0 Å². The maximum atomic E-state index is 13.1. The molecule has 0 aromatic heterocycles. The van der Waals surface area contributed by atoms with Gasteiger partial charge >= 0.3 is 0 Å². The first-order valence-electron chi connectivity index (χ1n) is 10.3. The lowest BCUT2D eigenvalue weighted by molar-refractivity contribution is 0.238. The van der Waals surface area contributed by atoms with Crippen LogP contribution in [0.4, 0.5) is 10.1 Å². The maximum Gasteiger partial charge on any atom is 0.123 e. The molecule has 27 heavy (non-hydrogen) atoms. The number of fused-ring (bicyclic) bond motifs is 1. The molecule has 2 aliphatic rings. The molecule has 0 atom stereocenters. The second kappa shape index (κ2) is 8.75. The SMILES string of the molecule is Fc1ccc(N2CCN(CCCCOc3cccc4c3CCC4)CC2)cc1. The van der Waals surface area contributed by atoms with Gasteiger partial charge in [0, 0.05) is 31.9 Å². The maximum absolute atomic E-state index is 13.1. The van der Waals surface area contributed by atoms with Crippen molar-refractivity contribution in [2.45, 2.75) is 32.1 Å². The Morgan fingerprint density at radius 3 is 2.52 bits per heavy atom. The molecule has 144 valence electrons. The van der Waals surface area contributed by atoms with Crippen LogP contribution in [0.25, 0.3) is 0 Å². The van der Waals surface area contributed by atoms with E-state index in [1.54, 1.807) is 12.1 Å². The van der Waals surface area contributed by atoms with Crippen molar-refractivity contribution in [3.8, 4) is 5.75 Å². The molecular weight excluding hydrogens is 339 g/mol. The third kappa shape index (κ3) is 4.62. The van der Waals surface area contributed by atoms with Gasteiger partial charge in [-0.3, -0.25) is 4.90 Å². The second-order valence-electron chi connectivity index (χ2n) is 7.61. The number of ether oxygens (including phenoxy) is 1. The van der Waals surface area contributed by atoms with E-state index in [4.69, 9.17) is 4.74 Å². The van der Waals surface area contributed by atoms with Crippen LogP contribution in [-0.4, -0.2) is 44.2 Å². The molecule has 0 spiro atoms. The molecule has 1 heterocycles. The average Bonchev–Trinajstić information content (AvgIpc) is 3.19. The predicted octanol–water partition coefficient (Wildman–Crippen LogP) is 4.30. The molecule has 0 bridgehead atoms. The standard InChI is InChI=1S/C23H29FN2O/c24-20-9-11-21(12-10-20)26-16-14-25(15-17-26)13-1-2-18-27-23-8-4-6-19-5-3-7-22(19)23/h4,6,8-12H,1-3,5,7,13-18H2. The van der Waals surface area contributed by atoms with Gasteiger partial charge in [-0.25, -0.2) is 4.39 Å². The van der Waals surface area contributed by atoms with Crippen molar-refractivity contribution in [3.63, 3.8) is 0 Å². The number of halogens is 1. The molecule has 4 heteroatoms. The zero-order chi connectivity index (χ0) is 18.5. The third-order valence-electron chi connectivity index (χ3n) is 5.79. The fourth-order valence-corrected chi connectivity index (χ4v) is 4.22. The Bertz CT molecular complexity index is 739. The number of hydrogen-bond acceptors (Lipinski definition) is 3. The van der Waals surface area contributed by atoms with E-state index in [1.807, 2.05) is 12.1 Å². The smallest absolute Gasteiger partial charge is 0.123 e. The monoisotopic (exact) mass is 368 g/mol. The summed E-state index contributed by atoms with van der Waals surface area (Å²) < 4.78 is 19.1. The largest absolute Gasteiger partial charge is 0.493 e. The highest BCUT2D eigenvalue weighted by atomic mass is 19.1. The van der Waals surface area contributed by atoms with Crippen LogP contribution in [0.5, 0.6) is 5.75 Å². The Kier molecular flexibility index (Phi) is 5.93. The van der Waals surface area contributed by atoms with Gasteiger partial charge in [0.2, 0.25) is 0 Å². The molecule has 4 rings (SSSR count). The molecule has 0 N–H and O–H groups in total. The van der Waals surface area contributed by atoms with E-state index in [2.05, 4.69) is 28.0 Å². The minimum atomic E-state index is -0.167. The van der Waals surface area contributed by atoms with Gasteiger partial charge in [0.25, 0.3) is 0 Å². The van der Waals surface area contributed by atoms with E-state index in [9.17, 15) is 4.39 Å². The van der Waals surface area contributed by atoms with Gasteiger partial charge in [-0.05, 0) is 80.1 Å². The fourth-order valence-electron chi connectivity index (χ4n) is 4.22. The normalized spacial score (nSPS) is 17.1. The van der Waals surface area contributed by atoms with E-state index in [-0.39, 0.29) is 5.82 Å². The Morgan fingerprint density at radius 1 is 0.889 bits per heavy atom. The highest BCUT2D eigenvalue weighted by Gasteiger charge is 2.17. The van der Waals surface area contributed by atoms with Gasteiger partial charge in [0.15, 0.2) is 0 Å². The summed E-state index contributed by atoms with van der Waals surface area (Å²) >= 11 is 0. The van der Waals surface area contributed by atoms with Crippen molar-refractivity contribution >= 4 is 5.69 Å². The van der Waals surface area contributed by atoms with Gasteiger partial charge in [-0.1, -0.05) is 12.1 Å². The lowest BCUT2D eigenvalue weighted by Crippen LogP contribution is -2.46. The van der Waals surface area contributed by atoms with Crippen molar-refractivity contribution in [1.82, 2.24) is 4.90 Å². The van der Waals surface area contributed by atoms with Gasteiger partial charge in [-0.2, -0.15) is 0 Å². The number of unbranched alkanes of at least 4 members (excludes halogenated alkanes) is 1. The number of benzene rings is 2. The zero-order valence-electron chi connectivity index (χ0n) is 16.0. The molecule has 0 unspecified atom stereocenters. The Labute approximate surface area is 161 Å². The first kappa shape index (κ1) is 18.3. The van der Waals surface area contributed by atoms with Crippen molar-refractivity contribution in [1.29, 1.82) is 0 Å². The molecule has 2 aromatic rings. The molecule has 1 aliphatic carbocycles. The van der Waals surface area contributed by atoms with Gasteiger partial charge in [0.05, 0.1) is 6.61 Å². The molecule has 3 nitrogen and oxygen atoms in total. The molecule has 1 fully saturated rings. The Balaban J connectivity index is 1.14. The number of hydrogen-bond donors (Lipinski definition) is 0. The second-order valence-corrected chi connectivity index (χ2v) is 7.61. The minimum absolute atomic E-state index is 0.167. The van der Waals surface area contributed by atoms with Crippen LogP contribution in [0, 0.1) is 5.82 Å². The molecular formula is C23H29FN2O. The van der Waals surface area contributed by atoms with Gasteiger partial charge in [0.1, 0.15) is 11.6 Å². The van der Waals surface area contributed by atoms with Crippen LogP contribution in [0.3, 0.4) is 0 Å². The predicted molar refractivity (Wildman–Crippen MR) is 108 cm³/mol. The highest BCUT2D eigenvalue weighted by molar-refractivity contribution is 5.46. The van der Waals surface area contributed by atoms with Crippen molar-refractivity contribution < 1.29 is 9.13 Å². The summed E-state index contributed by atoms with van der Waals surface area (Å²) in [5.74, 6) is 0.943. The van der Waals surface area contributed by atoms with Crippen LogP contribution in [0.15, 0.2) is 42.5 Å². The van der Waals surface area contributed by atoms with E-state index < -0.39 is 0 Å². The molecule has 0 radical (unpaired) electrons. The Morgan fingerprint density at radius 2 is 1.70 bits per heavy atom. The summed E-state index contributed by atoms with van der Waals surface area (Å²) in [5.41, 5.74) is 4.04. The van der Waals surface area contributed by atoms with Crippen molar-refractivity contribution in [3.05, 3.63) is 59.4 Å². The lowest BCUT2D eigenvalue weighted by Gasteiger charge is -2.36. The highest BCUT2D eigenvalue weighted by Crippen LogP contribution is 2.30. The summed E-state index contributed by atoms with van der Waals surface area (Å²) in [6, 6.07) is 13.3. The average molecular weight is 368 g/mol. The number of piperazine rings is 1. The molecule has 1 saturated heterocycles.